The maximum Gasteiger partial charge on any atom is 0.362 e. The SMILES string of the molecule is Cc1cccc(S(=O)(=O)c2ccc(F)c3c(=O)n(O)c(=O)[nH]c23)c1. The third-order valence-corrected chi connectivity index (χ3v) is 5.33. The number of H-pyrrole nitrogens is 1. The van der Waals surface area contributed by atoms with E-state index in [4.69, 9.17) is 0 Å². The topological polar surface area (TPSA) is 109 Å². The summed E-state index contributed by atoms with van der Waals surface area (Å²) in [5, 5.41) is 8.60. The Hall–Kier alpha value is -2.94. The Kier molecular flexibility index (Phi) is 3.52. The highest BCUT2D eigenvalue weighted by Gasteiger charge is 2.24. The summed E-state index contributed by atoms with van der Waals surface area (Å²) in [6.45, 7) is 1.70. The molecule has 0 amide bonds. The lowest BCUT2D eigenvalue weighted by Gasteiger charge is -2.09. The van der Waals surface area contributed by atoms with Crippen LogP contribution in [-0.4, -0.2) is 23.3 Å². The van der Waals surface area contributed by atoms with Crippen molar-refractivity contribution in [3.8, 4) is 0 Å². The molecule has 0 atom stereocenters. The summed E-state index contributed by atoms with van der Waals surface area (Å²) in [4.78, 5) is 25.0. The number of aromatic nitrogens is 2. The standard InChI is InChI=1S/C15H11FN2O5S/c1-8-3-2-4-9(7-8)24(22,23)11-6-5-10(16)12-13(11)17-15(20)18(21)14(12)19/h2-7,21H,1H3,(H,17,20). The minimum Gasteiger partial charge on any atom is -0.421 e. The Morgan fingerprint density at radius 3 is 2.54 bits per heavy atom. The summed E-state index contributed by atoms with van der Waals surface area (Å²) in [7, 11) is -4.12. The molecule has 3 rings (SSSR count). The first-order chi connectivity index (χ1) is 11.2. The van der Waals surface area contributed by atoms with Crippen molar-refractivity contribution in [2.45, 2.75) is 16.7 Å². The molecule has 0 unspecified atom stereocenters. The van der Waals surface area contributed by atoms with E-state index in [2.05, 4.69) is 0 Å². The average molecular weight is 350 g/mol. The number of aromatic amines is 1. The summed E-state index contributed by atoms with van der Waals surface area (Å²) >= 11 is 0. The van der Waals surface area contributed by atoms with Crippen molar-refractivity contribution in [3.63, 3.8) is 0 Å². The van der Waals surface area contributed by atoms with Gasteiger partial charge in [-0.25, -0.2) is 17.6 Å². The highest BCUT2D eigenvalue weighted by Crippen LogP contribution is 2.27. The normalized spacial score (nSPS) is 11.8. The predicted molar refractivity (Wildman–Crippen MR) is 82.6 cm³/mol. The van der Waals surface area contributed by atoms with Crippen molar-refractivity contribution in [3.05, 3.63) is 68.6 Å². The lowest BCUT2D eigenvalue weighted by Crippen LogP contribution is -2.34. The van der Waals surface area contributed by atoms with E-state index in [0.717, 1.165) is 12.1 Å². The van der Waals surface area contributed by atoms with Gasteiger partial charge in [0.15, 0.2) is 0 Å². The maximum atomic E-state index is 14.0. The molecule has 2 aromatic carbocycles. The first-order valence-corrected chi connectivity index (χ1v) is 8.20. The molecule has 0 spiro atoms. The monoisotopic (exact) mass is 350 g/mol. The van der Waals surface area contributed by atoms with Crippen LogP contribution in [0.1, 0.15) is 5.56 Å². The third-order valence-electron chi connectivity index (χ3n) is 3.54. The van der Waals surface area contributed by atoms with Crippen molar-refractivity contribution in [1.82, 2.24) is 9.71 Å². The molecule has 7 nitrogen and oxygen atoms in total. The zero-order valence-electron chi connectivity index (χ0n) is 12.3. The van der Waals surface area contributed by atoms with Gasteiger partial charge in [-0.2, -0.15) is 0 Å². The first kappa shape index (κ1) is 15.9. The fourth-order valence-electron chi connectivity index (χ4n) is 2.38. The minimum absolute atomic E-state index is 0.0653. The van der Waals surface area contributed by atoms with Gasteiger partial charge in [0.1, 0.15) is 11.2 Å². The number of hydrogen-bond donors (Lipinski definition) is 2. The van der Waals surface area contributed by atoms with Crippen molar-refractivity contribution in [2.75, 3.05) is 0 Å². The van der Waals surface area contributed by atoms with Crippen LogP contribution >= 0.6 is 0 Å². The Morgan fingerprint density at radius 2 is 1.88 bits per heavy atom. The van der Waals surface area contributed by atoms with Gasteiger partial charge in [-0.15, -0.1) is 0 Å². The van der Waals surface area contributed by atoms with E-state index in [9.17, 15) is 27.6 Å². The minimum atomic E-state index is -4.12. The van der Waals surface area contributed by atoms with Crippen LogP contribution in [0.15, 0.2) is 55.8 Å². The molecule has 0 saturated heterocycles. The molecule has 0 saturated carbocycles. The van der Waals surface area contributed by atoms with Crippen LogP contribution in [0.3, 0.4) is 0 Å². The predicted octanol–water partition coefficient (Wildman–Crippen LogP) is 1.21. The van der Waals surface area contributed by atoms with Crippen LogP contribution in [0.5, 0.6) is 0 Å². The van der Waals surface area contributed by atoms with E-state index in [1.54, 1.807) is 13.0 Å². The third kappa shape index (κ3) is 2.29. The number of fused-ring (bicyclic) bond motifs is 1. The number of sulfone groups is 1. The molecule has 24 heavy (non-hydrogen) atoms. The molecular weight excluding hydrogens is 339 g/mol. The van der Waals surface area contributed by atoms with Gasteiger partial charge in [0.05, 0.1) is 15.3 Å². The second-order valence-corrected chi connectivity index (χ2v) is 7.08. The van der Waals surface area contributed by atoms with Crippen LogP contribution in [0.4, 0.5) is 4.39 Å². The molecule has 0 fully saturated rings. The van der Waals surface area contributed by atoms with E-state index in [0.29, 0.717) is 5.56 Å². The molecule has 1 aromatic heterocycles. The molecule has 3 aromatic rings. The average Bonchev–Trinajstić information content (AvgIpc) is 2.52. The summed E-state index contributed by atoms with van der Waals surface area (Å²) in [5.74, 6) is -1.06. The van der Waals surface area contributed by atoms with Crippen LogP contribution in [-0.2, 0) is 9.84 Å². The lowest BCUT2D eigenvalue weighted by molar-refractivity contribution is 0.162. The van der Waals surface area contributed by atoms with Crippen LogP contribution < -0.4 is 11.2 Å². The molecule has 0 radical (unpaired) electrons. The van der Waals surface area contributed by atoms with Crippen LogP contribution in [0.25, 0.3) is 10.9 Å². The summed E-state index contributed by atoms with van der Waals surface area (Å²) in [5.41, 5.74) is -2.41. The van der Waals surface area contributed by atoms with Crippen molar-refractivity contribution >= 4 is 20.7 Å². The zero-order valence-corrected chi connectivity index (χ0v) is 13.1. The van der Waals surface area contributed by atoms with E-state index in [1.165, 1.54) is 18.2 Å². The molecule has 124 valence electrons. The smallest absolute Gasteiger partial charge is 0.362 e. The van der Waals surface area contributed by atoms with Gasteiger partial charge in [0, 0.05) is 0 Å². The Bertz CT molecular complexity index is 1190. The number of hydrogen-bond acceptors (Lipinski definition) is 5. The molecule has 9 heteroatoms. The molecule has 0 bridgehead atoms. The van der Waals surface area contributed by atoms with Gasteiger partial charge in [0.25, 0.3) is 5.56 Å². The number of aryl methyl sites for hydroxylation is 1. The largest absolute Gasteiger partial charge is 0.421 e. The van der Waals surface area contributed by atoms with Crippen LogP contribution in [0, 0.1) is 12.7 Å². The Labute approximate surface area is 134 Å². The maximum absolute atomic E-state index is 14.0. The van der Waals surface area contributed by atoms with Crippen LogP contribution in [0.2, 0.25) is 0 Å². The number of halogens is 1. The van der Waals surface area contributed by atoms with Crippen molar-refractivity contribution in [1.29, 1.82) is 0 Å². The fourth-order valence-corrected chi connectivity index (χ4v) is 3.90. The molecule has 0 aliphatic heterocycles. The molecule has 0 aliphatic carbocycles. The van der Waals surface area contributed by atoms with Crippen molar-refractivity contribution in [2.24, 2.45) is 0 Å². The van der Waals surface area contributed by atoms with Crippen molar-refractivity contribution < 1.29 is 18.0 Å². The van der Waals surface area contributed by atoms with Gasteiger partial charge in [-0.1, -0.05) is 16.9 Å². The second-order valence-electron chi connectivity index (χ2n) is 5.16. The first-order valence-electron chi connectivity index (χ1n) is 6.72. The van der Waals surface area contributed by atoms with Gasteiger partial charge in [0.2, 0.25) is 9.84 Å². The van der Waals surface area contributed by atoms with Gasteiger partial charge >= 0.3 is 5.69 Å². The van der Waals surface area contributed by atoms with E-state index < -0.39 is 42.7 Å². The van der Waals surface area contributed by atoms with E-state index in [1.807, 2.05) is 4.98 Å². The Morgan fingerprint density at radius 1 is 1.17 bits per heavy atom. The van der Waals surface area contributed by atoms with Gasteiger partial charge in [-0.3, -0.25) is 4.79 Å². The molecule has 2 N–H and O–H groups in total. The highest BCUT2D eigenvalue weighted by atomic mass is 32.2. The molecule has 0 aliphatic rings. The van der Waals surface area contributed by atoms with E-state index >= 15 is 0 Å². The molecule has 1 heterocycles. The second kappa shape index (κ2) is 5.31. The summed E-state index contributed by atoms with van der Waals surface area (Å²) in [6, 6.07) is 7.77. The number of nitrogens with one attached hydrogen (secondary N) is 1. The Balaban J connectivity index is 2.46. The molecular formula is C15H11FN2O5S. The number of rotatable bonds is 2. The fraction of sp³-hybridized carbons (Fsp3) is 0.0667. The van der Waals surface area contributed by atoms with Gasteiger partial charge in [-0.05, 0) is 36.8 Å². The quantitative estimate of drug-likeness (QED) is 0.533. The zero-order chi connectivity index (χ0) is 17.6. The number of benzene rings is 2. The highest BCUT2D eigenvalue weighted by molar-refractivity contribution is 7.91. The van der Waals surface area contributed by atoms with E-state index in [-0.39, 0.29) is 9.63 Å². The number of nitrogens with zero attached hydrogens (tertiary/aromatic N) is 1. The van der Waals surface area contributed by atoms with Gasteiger partial charge < -0.3 is 10.2 Å². The summed E-state index contributed by atoms with van der Waals surface area (Å²) in [6.07, 6.45) is 0. The summed E-state index contributed by atoms with van der Waals surface area (Å²) < 4.78 is 39.2. The lowest BCUT2D eigenvalue weighted by atomic mass is 10.2.